The molecule has 22 heavy (non-hydrogen) atoms. The average Bonchev–Trinajstić information content (AvgIpc) is 2.52. The van der Waals surface area contributed by atoms with Gasteiger partial charge in [-0.1, -0.05) is 57.2 Å². The highest BCUT2D eigenvalue weighted by Crippen LogP contribution is 2.09. The molecule has 0 aliphatic heterocycles. The minimum Gasteiger partial charge on any atom is -0.491 e. The summed E-state index contributed by atoms with van der Waals surface area (Å²) in [6.07, 6.45) is 6.44. The van der Waals surface area contributed by atoms with E-state index in [1.807, 2.05) is 18.2 Å². The molecule has 0 saturated carbocycles. The summed E-state index contributed by atoms with van der Waals surface area (Å²) in [7, 11) is -3.91. The Morgan fingerprint density at radius 2 is 1.45 bits per heavy atom. The summed E-state index contributed by atoms with van der Waals surface area (Å²) in [6, 6.07) is 9.16. The molecule has 0 radical (unpaired) electrons. The van der Waals surface area contributed by atoms with Crippen molar-refractivity contribution in [3.8, 4) is 5.75 Å². The molecule has 1 aromatic rings. The van der Waals surface area contributed by atoms with Crippen LogP contribution in [0.2, 0.25) is 0 Å². The second-order valence-electron chi connectivity index (χ2n) is 4.98. The monoisotopic (exact) mass is 330 g/mol. The number of unbranched alkanes of at least 4 members (excludes halogenated alkanes) is 5. The normalized spacial score (nSPS) is 11.5. The molecule has 0 spiro atoms. The molecule has 0 bridgehead atoms. The molecule has 0 saturated heterocycles. The fraction of sp³-hybridized carbons (Fsp3) is 0.625. The molecular formula is C16H26O5S. The van der Waals surface area contributed by atoms with Crippen LogP contribution in [0.4, 0.5) is 0 Å². The molecule has 1 rings (SSSR count). The predicted molar refractivity (Wildman–Crippen MR) is 86.1 cm³/mol. The lowest BCUT2D eigenvalue weighted by atomic mass is 10.1. The maximum Gasteiger partial charge on any atom is 0.399 e. The van der Waals surface area contributed by atoms with E-state index >= 15 is 0 Å². The van der Waals surface area contributed by atoms with Gasteiger partial charge in [0.15, 0.2) is 0 Å². The Morgan fingerprint density at radius 3 is 2.18 bits per heavy atom. The van der Waals surface area contributed by atoms with Gasteiger partial charge in [-0.25, -0.2) is 8.37 Å². The number of benzene rings is 1. The summed E-state index contributed by atoms with van der Waals surface area (Å²) >= 11 is 0. The second kappa shape index (κ2) is 11.5. The van der Waals surface area contributed by atoms with Crippen molar-refractivity contribution >= 4 is 10.4 Å². The molecule has 0 aliphatic carbocycles. The van der Waals surface area contributed by atoms with Crippen LogP contribution in [0.5, 0.6) is 5.75 Å². The first-order chi connectivity index (χ1) is 10.6. The van der Waals surface area contributed by atoms with Crippen LogP contribution in [-0.2, 0) is 18.8 Å². The molecule has 5 nitrogen and oxygen atoms in total. The molecular weight excluding hydrogens is 304 g/mol. The van der Waals surface area contributed by atoms with Gasteiger partial charge in [0.05, 0.1) is 6.61 Å². The van der Waals surface area contributed by atoms with E-state index in [1.165, 1.54) is 19.3 Å². The second-order valence-corrected chi connectivity index (χ2v) is 6.27. The van der Waals surface area contributed by atoms with Gasteiger partial charge in [0.2, 0.25) is 0 Å². The van der Waals surface area contributed by atoms with Crippen molar-refractivity contribution in [3.63, 3.8) is 0 Å². The SMILES string of the molecule is CCCCCCCCOS(=O)(=O)OCCOc1ccccc1. The van der Waals surface area contributed by atoms with Crippen molar-refractivity contribution < 1.29 is 21.5 Å². The molecule has 0 atom stereocenters. The third-order valence-corrected chi connectivity index (χ3v) is 3.96. The highest BCUT2D eigenvalue weighted by Gasteiger charge is 2.11. The van der Waals surface area contributed by atoms with Gasteiger partial charge in [0, 0.05) is 0 Å². The van der Waals surface area contributed by atoms with E-state index in [9.17, 15) is 8.42 Å². The fourth-order valence-corrected chi connectivity index (χ4v) is 2.55. The van der Waals surface area contributed by atoms with Crippen LogP contribution in [0.1, 0.15) is 45.4 Å². The smallest absolute Gasteiger partial charge is 0.399 e. The molecule has 126 valence electrons. The lowest BCUT2D eigenvalue weighted by Crippen LogP contribution is -2.15. The molecule has 6 heteroatoms. The highest BCUT2D eigenvalue weighted by atomic mass is 32.3. The van der Waals surface area contributed by atoms with Crippen LogP contribution >= 0.6 is 0 Å². The van der Waals surface area contributed by atoms with Crippen molar-refractivity contribution in [2.75, 3.05) is 19.8 Å². The van der Waals surface area contributed by atoms with Crippen LogP contribution in [0.25, 0.3) is 0 Å². The van der Waals surface area contributed by atoms with Gasteiger partial charge in [-0.3, -0.25) is 0 Å². The van der Waals surface area contributed by atoms with E-state index in [0.29, 0.717) is 5.75 Å². The molecule has 0 unspecified atom stereocenters. The van der Waals surface area contributed by atoms with E-state index in [4.69, 9.17) is 13.1 Å². The number of ether oxygens (including phenoxy) is 1. The predicted octanol–water partition coefficient (Wildman–Crippen LogP) is 3.70. The zero-order valence-electron chi connectivity index (χ0n) is 13.2. The maximum absolute atomic E-state index is 11.5. The van der Waals surface area contributed by atoms with E-state index in [0.717, 1.165) is 19.3 Å². The molecule has 0 amide bonds. The van der Waals surface area contributed by atoms with Crippen molar-refractivity contribution in [1.82, 2.24) is 0 Å². The van der Waals surface area contributed by atoms with Crippen molar-refractivity contribution in [1.29, 1.82) is 0 Å². The Hall–Kier alpha value is -1.11. The summed E-state index contributed by atoms with van der Waals surface area (Å²) in [5.74, 6) is 0.677. The number of para-hydroxylation sites is 1. The van der Waals surface area contributed by atoms with E-state index < -0.39 is 10.4 Å². The number of rotatable bonds is 13. The van der Waals surface area contributed by atoms with Gasteiger partial charge in [-0.05, 0) is 18.6 Å². The summed E-state index contributed by atoms with van der Waals surface area (Å²) in [4.78, 5) is 0. The zero-order valence-corrected chi connectivity index (χ0v) is 14.0. The van der Waals surface area contributed by atoms with Crippen LogP contribution in [0.3, 0.4) is 0 Å². The van der Waals surface area contributed by atoms with E-state index in [2.05, 4.69) is 6.92 Å². The van der Waals surface area contributed by atoms with Crippen molar-refractivity contribution in [2.24, 2.45) is 0 Å². The van der Waals surface area contributed by atoms with Crippen molar-refractivity contribution in [2.45, 2.75) is 45.4 Å². The number of hydrogen-bond acceptors (Lipinski definition) is 5. The van der Waals surface area contributed by atoms with E-state index in [-0.39, 0.29) is 19.8 Å². The van der Waals surface area contributed by atoms with Gasteiger partial charge < -0.3 is 4.74 Å². The zero-order chi connectivity index (χ0) is 16.1. The first-order valence-electron chi connectivity index (χ1n) is 7.85. The minimum atomic E-state index is -3.91. The minimum absolute atomic E-state index is 0.0618. The van der Waals surface area contributed by atoms with Crippen LogP contribution in [-0.4, -0.2) is 28.2 Å². The molecule has 0 heterocycles. The Morgan fingerprint density at radius 1 is 0.818 bits per heavy atom. The largest absolute Gasteiger partial charge is 0.491 e. The summed E-state index contributed by atoms with van der Waals surface area (Å²) in [5, 5.41) is 0. The Bertz CT molecular complexity index is 473. The first-order valence-corrected chi connectivity index (χ1v) is 9.19. The fourth-order valence-electron chi connectivity index (χ4n) is 1.89. The van der Waals surface area contributed by atoms with Crippen LogP contribution in [0, 0.1) is 0 Å². The Balaban J connectivity index is 2.03. The lowest BCUT2D eigenvalue weighted by Gasteiger charge is -2.07. The maximum atomic E-state index is 11.5. The van der Waals surface area contributed by atoms with Gasteiger partial charge in [-0.15, -0.1) is 0 Å². The molecule has 0 fully saturated rings. The van der Waals surface area contributed by atoms with Gasteiger partial charge >= 0.3 is 10.4 Å². The van der Waals surface area contributed by atoms with E-state index in [1.54, 1.807) is 12.1 Å². The van der Waals surface area contributed by atoms with Crippen LogP contribution in [0.15, 0.2) is 30.3 Å². The topological polar surface area (TPSA) is 61.8 Å². The molecule has 0 aromatic heterocycles. The molecule has 1 aromatic carbocycles. The average molecular weight is 330 g/mol. The Labute approximate surface area is 133 Å². The number of hydrogen-bond donors (Lipinski definition) is 0. The van der Waals surface area contributed by atoms with Crippen LogP contribution < -0.4 is 4.74 Å². The standard InChI is InChI=1S/C16H26O5S/c1-2-3-4-5-6-10-13-20-22(17,18)21-15-14-19-16-11-8-7-9-12-16/h7-9,11-12H,2-6,10,13-15H2,1H3. The van der Waals surface area contributed by atoms with Gasteiger partial charge in [0.25, 0.3) is 0 Å². The summed E-state index contributed by atoms with van der Waals surface area (Å²) in [6.45, 7) is 2.43. The van der Waals surface area contributed by atoms with Crippen molar-refractivity contribution in [3.05, 3.63) is 30.3 Å². The third kappa shape index (κ3) is 9.76. The lowest BCUT2D eigenvalue weighted by molar-refractivity contribution is 0.176. The summed E-state index contributed by atoms with van der Waals surface area (Å²) in [5.41, 5.74) is 0. The summed E-state index contributed by atoms with van der Waals surface area (Å²) < 4.78 is 37.8. The first kappa shape index (κ1) is 18.9. The molecule has 0 aliphatic rings. The van der Waals surface area contributed by atoms with Gasteiger partial charge in [-0.2, -0.15) is 8.42 Å². The highest BCUT2D eigenvalue weighted by molar-refractivity contribution is 7.81. The molecule has 0 N–H and O–H groups in total. The third-order valence-electron chi connectivity index (χ3n) is 3.05. The van der Waals surface area contributed by atoms with Gasteiger partial charge in [0.1, 0.15) is 19.0 Å². The Kier molecular flexibility index (Phi) is 9.86. The quantitative estimate of drug-likeness (QED) is 0.516.